The predicted molar refractivity (Wildman–Crippen MR) is 180 cm³/mol. The van der Waals surface area contributed by atoms with Gasteiger partial charge in [0.05, 0.1) is 37.1 Å². The summed E-state index contributed by atoms with van der Waals surface area (Å²) in [4.78, 5) is 59.2. The maximum absolute atomic E-state index is 14.7. The Labute approximate surface area is 282 Å². The largest absolute Gasteiger partial charge is 0.455 e. The molecular weight excluding hydrogens is 610 g/mol. The second-order valence-corrected chi connectivity index (χ2v) is 12.8. The molecule has 0 unspecified atom stereocenters. The summed E-state index contributed by atoms with van der Waals surface area (Å²) < 4.78 is 12.8. The second-order valence-electron chi connectivity index (χ2n) is 12.8. The quantitative estimate of drug-likeness (QED) is 0.192. The summed E-state index contributed by atoms with van der Waals surface area (Å²) in [5.41, 5.74) is 0.107. The molecule has 3 amide bonds. The third-order valence-electron chi connectivity index (χ3n) is 9.87. The van der Waals surface area contributed by atoms with Gasteiger partial charge in [0.15, 0.2) is 0 Å². The number of hydrogen-bond donors (Lipinski definition) is 2. The highest BCUT2D eigenvalue weighted by molar-refractivity contribution is 5.98. The molecule has 0 aliphatic carbocycles. The van der Waals surface area contributed by atoms with Gasteiger partial charge in [-0.05, 0) is 36.8 Å². The molecule has 48 heavy (non-hydrogen) atoms. The number of carbonyl (C=O) groups is 4. The Balaban J connectivity index is 1.49. The van der Waals surface area contributed by atoms with Crippen molar-refractivity contribution in [2.45, 2.75) is 75.3 Å². The van der Waals surface area contributed by atoms with Crippen molar-refractivity contribution in [3.05, 3.63) is 97.1 Å². The van der Waals surface area contributed by atoms with Gasteiger partial charge in [-0.3, -0.25) is 19.2 Å². The number of likely N-dealkylation sites (tertiary alicyclic amines) is 1. The van der Waals surface area contributed by atoms with Gasteiger partial charge in [-0.1, -0.05) is 86.2 Å². The summed E-state index contributed by atoms with van der Waals surface area (Å²) in [6.07, 6.45) is 5.21. The number of ether oxygens (including phenoxy) is 2. The number of nitrogens with zero attached hydrogens (tertiary/aromatic N) is 2. The van der Waals surface area contributed by atoms with Crippen LogP contribution in [0.1, 0.15) is 68.7 Å². The van der Waals surface area contributed by atoms with E-state index < -0.39 is 60.2 Å². The molecule has 2 bridgehead atoms. The van der Waals surface area contributed by atoms with E-state index in [-0.39, 0.29) is 24.8 Å². The molecule has 1 spiro atoms. The topological polar surface area (TPSA) is 125 Å². The van der Waals surface area contributed by atoms with Crippen molar-refractivity contribution < 1.29 is 33.8 Å². The van der Waals surface area contributed by atoms with Gasteiger partial charge in [0.25, 0.3) is 0 Å². The Bertz CT molecular complexity index is 1470. The number of hydrogen-bond acceptors (Lipinski definition) is 7. The monoisotopic (exact) mass is 657 g/mol. The predicted octanol–water partition coefficient (Wildman–Crippen LogP) is 4.28. The number of carbonyl (C=O) groups excluding carboxylic acids is 4. The average molecular weight is 658 g/mol. The molecule has 3 fully saturated rings. The van der Waals surface area contributed by atoms with Gasteiger partial charge >= 0.3 is 5.97 Å². The van der Waals surface area contributed by atoms with E-state index >= 15 is 0 Å². The average Bonchev–Trinajstić information content (AvgIpc) is 3.76. The van der Waals surface area contributed by atoms with Crippen LogP contribution in [0.5, 0.6) is 0 Å². The molecule has 10 nitrogen and oxygen atoms in total. The van der Waals surface area contributed by atoms with E-state index in [4.69, 9.17) is 9.47 Å². The maximum atomic E-state index is 14.7. The molecule has 0 saturated carbocycles. The molecular formula is C38H47N3O7. The second kappa shape index (κ2) is 15.7. The van der Waals surface area contributed by atoms with Crippen molar-refractivity contribution in [1.82, 2.24) is 15.1 Å². The van der Waals surface area contributed by atoms with Gasteiger partial charge in [-0.15, -0.1) is 13.2 Å². The van der Waals surface area contributed by atoms with E-state index in [2.05, 4.69) is 18.5 Å². The van der Waals surface area contributed by atoms with Crippen LogP contribution in [0.25, 0.3) is 0 Å². The van der Waals surface area contributed by atoms with E-state index in [1.807, 2.05) is 67.6 Å². The highest BCUT2D eigenvalue weighted by Gasteiger charge is 2.75. The van der Waals surface area contributed by atoms with Crippen LogP contribution in [-0.4, -0.2) is 82.6 Å². The lowest BCUT2D eigenvalue weighted by Gasteiger charge is -2.39. The van der Waals surface area contributed by atoms with E-state index in [1.165, 1.54) is 4.90 Å². The van der Waals surface area contributed by atoms with Crippen LogP contribution in [-0.2, 0) is 28.7 Å². The van der Waals surface area contributed by atoms with E-state index in [0.29, 0.717) is 43.5 Å². The van der Waals surface area contributed by atoms with Gasteiger partial charge in [-0.25, -0.2) is 0 Å². The van der Waals surface area contributed by atoms with Crippen molar-refractivity contribution in [3.63, 3.8) is 0 Å². The van der Waals surface area contributed by atoms with E-state index in [1.54, 1.807) is 17.1 Å². The Morgan fingerprint density at radius 2 is 1.79 bits per heavy atom. The molecule has 0 radical (unpaired) electrons. The van der Waals surface area contributed by atoms with Crippen LogP contribution >= 0.6 is 0 Å². The number of rotatable bonds is 17. The van der Waals surface area contributed by atoms with Crippen molar-refractivity contribution in [3.8, 4) is 0 Å². The van der Waals surface area contributed by atoms with Crippen molar-refractivity contribution in [2.75, 3.05) is 26.2 Å². The lowest BCUT2D eigenvalue weighted by molar-refractivity contribution is -0.161. The molecule has 0 aromatic heterocycles. The van der Waals surface area contributed by atoms with Gasteiger partial charge in [0, 0.05) is 19.5 Å². The summed E-state index contributed by atoms with van der Waals surface area (Å²) in [5, 5.41) is 13.6. The summed E-state index contributed by atoms with van der Waals surface area (Å²) >= 11 is 0. The molecule has 256 valence electrons. The van der Waals surface area contributed by atoms with E-state index in [9.17, 15) is 24.3 Å². The Kier molecular flexibility index (Phi) is 11.5. The minimum atomic E-state index is -1.27. The molecule has 3 aliphatic heterocycles. The number of aliphatic hydroxyl groups excluding tert-OH is 1. The molecule has 7 atom stereocenters. The first-order valence-corrected chi connectivity index (χ1v) is 17.0. The molecule has 10 heteroatoms. The maximum Gasteiger partial charge on any atom is 0.313 e. The SMILES string of the molecule is C=CCCC(=O)NC[C@H](OC(=O)[C@@H]1[C@H]2C(=O)N([C@H](CO)c3ccccc3)[C@H](C(=O)N(CC=C)CCCC)[C@]23CC[C@H]1O3)c1ccccc1. The van der Waals surface area contributed by atoms with Crippen molar-refractivity contribution >= 4 is 23.7 Å². The fourth-order valence-electron chi connectivity index (χ4n) is 7.61. The summed E-state index contributed by atoms with van der Waals surface area (Å²) in [6, 6.07) is 16.4. The highest BCUT2D eigenvalue weighted by Crippen LogP contribution is 2.60. The lowest BCUT2D eigenvalue weighted by Crippen LogP contribution is -2.57. The Hall–Kier alpha value is -4.28. The van der Waals surface area contributed by atoms with Crippen LogP contribution in [0, 0.1) is 11.8 Å². The molecule has 2 N–H and O–H groups in total. The third-order valence-corrected chi connectivity index (χ3v) is 9.87. The summed E-state index contributed by atoms with van der Waals surface area (Å²) in [5.74, 6) is -3.45. The Morgan fingerprint density at radius 3 is 2.42 bits per heavy atom. The summed E-state index contributed by atoms with van der Waals surface area (Å²) in [6.45, 7) is 9.96. The Morgan fingerprint density at radius 1 is 1.10 bits per heavy atom. The molecule has 3 heterocycles. The van der Waals surface area contributed by atoms with Crippen molar-refractivity contribution in [2.24, 2.45) is 11.8 Å². The van der Waals surface area contributed by atoms with Crippen LogP contribution < -0.4 is 5.32 Å². The smallest absolute Gasteiger partial charge is 0.313 e. The number of esters is 1. The zero-order valence-electron chi connectivity index (χ0n) is 27.7. The van der Waals surface area contributed by atoms with Crippen LogP contribution in [0.4, 0.5) is 0 Å². The number of allylic oxidation sites excluding steroid dienone is 1. The first kappa shape index (κ1) is 35.0. The number of nitrogens with one attached hydrogen (secondary N) is 1. The molecule has 5 rings (SSSR count). The van der Waals surface area contributed by atoms with E-state index in [0.717, 1.165) is 12.8 Å². The fourth-order valence-corrected chi connectivity index (χ4v) is 7.61. The highest BCUT2D eigenvalue weighted by atomic mass is 16.6. The molecule has 2 aromatic carbocycles. The number of fused-ring (bicyclic) bond motifs is 1. The molecule has 3 saturated heterocycles. The van der Waals surface area contributed by atoms with Crippen LogP contribution in [0.2, 0.25) is 0 Å². The number of aliphatic hydroxyl groups is 1. The van der Waals surface area contributed by atoms with Gasteiger partial charge in [0.2, 0.25) is 17.7 Å². The third kappa shape index (κ3) is 6.82. The number of unbranched alkanes of at least 4 members (excludes halogenated alkanes) is 1. The number of amides is 3. The van der Waals surface area contributed by atoms with Gasteiger partial charge in [-0.2, -0.15) is 0 Å². The summed E-state index contributed by atoms with van der Waals surface area (Å²) in [7, 11) is 0. The van der Waals surface area contributed by atoms with Gasteiger partial charge in [0.1, 0.15) is 17.7 Å². The van der Waals surface area contributed by atoms with Crippen molar-refractivity contribution in [1.29, 1.82) is 0 Å². The first-order chi connectivity index (χ1) is 23.3. The molecule has 2 aromatic rings. The first-order valence-electron chi connectivity index (χ1n) is 17.0. The molecule has 3 aliphatic rings. The minimum absolute atomic E-state index is 0.0511. The van der Waals surface area contributed by atoms with Gasteiger partial charge < -0.3 is 29.7 Å². The zero-order valence-corrected chi connectivity index (χ0v) is 27.7. The zero-order chi connectivity index (χ0) is 34.3. The lowest BCUT2D eigenvalue weighted by atomic mass is 9.70. The standard InChI is InChI=1S/C38H47N3O7/c1-4-7-19-31(43)39-24-30(27-17-13-10-14-18-27)47-37(46)32-29-20-21-38(48-29)33(32)35(44)41(28(25-42)26-15-11-9-12-16-26)34(38)36(45)40(22-6-3)23-8-5-2/h4,6,9-18,28-30,32-34,42H,1,3,5,7-8,19-25H2,2H3,(H,39,43)/t28-,29-,30+,32+,33+,34-,38+/m1/s1. The van der Waals surface area contributed by atoms with Crippen LogP contribution in [0.3, 0.4) is 0 Å². The minimum Gasteiger partial charge on any atom is -0.455 e. The van der Waals surface area contributed by atoms with Crippen LogP contribution in [0.15, 0.2) is 86.0 Å². The number of benzene rings is 2. The fraction of sp³-hybridized carbons (Fsp3) is 0.474. The normalized spacial score (nSPS) is 25.2.